The van der Waals surface area contributed by atoms with E-state index in [4.69, 9.17) is 4.74 Å². The van der Waals surface area contributed by atoms with Gasteiger partial charge in [0.2, 0.25) is 10.0 Å². The molecule has 8 heteroatoms. The second-order valence-corrected chi connectivity index (χ2v) is 11.8. The largest absolute Gasteiger partial charge is 0.490 e. The number of aromatic nitrogens is 1. The van der Waals surface area contributed by atoms with Crippen LogP contribution in [0.4, 0.5) is 0 Å². The van der Waals surface area contributed by atoms with Crippen LogP contribution >= 0.6 is 0 Å². The van der Waals surface area contributed by atoms with Crippen LogP contribution in [0.2, 0.25) is 0 Å². The molecule has 1 saturated heterocycles. The maximum absolute atomic E-state index is 13.0. The molecular weight excluding hydrogens is 486 g/mol. The van der Waals surface area contributed by atoms with Crippen molar-refractivity contribution in [2.75, 3.05) is 32.8 Å². The number of aromatic amines is 1. The Bertz CT molecular complexity index is 1440. The van der Waals surface area contributed by atoms with E-state index in [-0.39, 0.29) is 6.61 Å². The number of ether oxygens (including phenoxy) is 1. The van der Waals surface area contributed by atoms with E-state index in [9.17, 15) is 13.5 Å². The average Bonchev–Trinajstić information content (AvgIpc) is 3.31. The standard InChI is InChI=1S/C29H35N3O4S/c1-2-21-10-12-24(13-11-21)37(34,35)32-16-14-22(15-17-32)18-30-19-23(33)20-36-28-9-5-8-27-29(28)25-6-3-4-7-26(25)31-27/h3-13,22-23,30-31,33H,2,14-20H2,1H3/t23-/m0/s1. The van der Waals surface area contributed by atoms with Gasteiger partial charge >= 0.3 is 0 Å². The summed E-state index contributed by atoms with van der Waals surface area (Å²) in [6.45, 7) is 4.45. The summed E-state index contributed by atoms with van der Waals surface area (Å²) < 4.78 is 33.6. The summed E-state index contributed by atoms with van der Waals surface area (Å²) in [5.41, 5.74) is 3.20. The van der Waals surface area contributed by atoms with E-state index < -0.39 is 16.1 Å². The lowest BCUT2D eigenvalue weighted by molar-refractivity contribution is 0.105. The van der Waals surface area contributed by atoms with Crippen molar-refractivity contribution >= 4 is 31.8 Å². The Labute approximate surface area is 218 Å². The van der Waals surface area contributed by atoms with E-state index in [0.717, 1.165) is 58.9 Å². The molecule has 1 aliphatic rings. The lowest BCUT2D eigenvalue weighted by atomic mass is 9.98. The molecule has 5 rings (SSSR count). The minimum atomic E-state index is -3.45. The van der Waals surface area contributed by atoms with Gasteiger partial charge in [-0.2, -0.15) is 4.31 Å². The van der Waals surface area contributed by atoms with Gasteiger partial charge in [-0.3, -0.25) is 0 Å². The lowest BCUT2D eigenvalue weighted by Gasteiger charge is -2.31. The molecule has 1 aliphatic heterocycles. The predicted octanol–water partition coefficient (Wildman–Crippen LogP) is 4.31. The monoisotopic (exact) mass is 521 g/mol. The number of fused-ring (bicyclic) bond motifs is 3. The number of aliphatic hydroxyl groups excluding tert-OH is 1. The van der Waals surface area contributed by atoms with Crippen molar-refractivity contribution in [2.45, 2.75) is 37.2 Å². The van der Waals surface area contributed by atoms with Gasteiger partial charge in [-0.05, 0) is 67.6 Å². The number of sulfonamides is 1. The number of hydrogen-bond donors (Lipinski definition) is 3. The third kappa shape index (κ3) is 5.67. The van der Waals surface area contributed by atoms with Gasteiger partial charge in [-0.1, -0.05) is 43.3 Å². The molecular formula is C29H35N3O4S. The molecule has 4 aromatic rings. The summed E-state index contributed by atoms with van der Waals surface area (Å²) in [7, 11) is -3.45. The maximum atomic E-state index is 13.0. The van der Waals surface area contributed by atoms with E-state index in [1.165, 1.54) is 0 Å². The zero-order chi connectivity index (χ0) is 25.8. The number of benzene rings is 3. The predicted molar refractivity (Wildman–Crippen MR) is 147 cm³/mol. The summed E-state index contributed by atoms with van der Waals surface area (Å²) in [5.74, 6) is 1.13. The van der Waals surface area contributed by atoms with Crippen molar-refractivity contribution in [2.24, 2.45) is 5.92 Å². The number of piperidine rings is 1. The smallest absolute Gasteiger partial charge is 0.243 e. The molecule has 3 N–H and O–H groups in total. The van der Waals surface area contributed by atoms with Gasteiger partial charge in [0.25, 0.3) is 0 Å². The topological polar surface area (TPSA) is 94.7 Å². The van der Waals surface area contributed by atoms with E-state index in [2.05, 4.69) is 23.3 Å². The Morgan fingerprint density at radius 2 is 1.76 bits per heavy atom. The van der Waals surface area contributed by atoms with Gasteiger partial charge in [0, 0.05) is 35.9 Å². The minimum Gasteiger partial charge on any atom is -0.490 e. The van der Waals surface area contributed by atoms with Crippen LogP contribution in [0.15, 0.2) is 71.6 Å². The Kier molecular flexibility index (Phi) is 7.81. The van der Waals surface area contributed by atoms with E-state index in [0.29, 0.717) is 30.4 Å². The van der Waals surface area contributed by atoms with Crippen LogP contribution in [0.25, 0.3) is 21.8 Å². The van der Waals surface area contributed by atoms with Crippen LogP contribution in [0.5, 0.6) is 5.75 Å². The zero-order valence-electron chi connectivity index (χ0n) is 21.2. The van der Waals surface area contributed by atoms with Crippen LogP contribution < -0.4 is 10.1 Å². The summed E-state index contributed by atoms with van der Waals surface area (Å²) in [4.78, 5) is 3.78. The van der Waals surface area contributed by atoms with Gasteiger partial charge in [0.1, 0.15) is 18.5 Å². The van der Waals surface area contributed by atoms with Crippen molar-refractivity contribution in [3.8, 4) is 5.75 Å². The Balaban J connectivity index is 1.08. The Hall–Kier alpha value is -2.91. The highest BCUT2D eigenvalue weighted by atomic mass is 32.2. The first-order chi connectivity index (χ1) is 18.0. The molecule has 0 aliphatic carbocycles. The SMILES string of the molecule is CCc1ccc(S(=O)(=O)N2CCC(CNC[C@H](O)COc3cccc4[nH]c5ccccc5c34)CC2)cc1. The molecule has 1 fully saturated rings. The Morgan fingerprint density at radius 1 is 1.03 bits per heavy atom. The van der Waals surface area contributed by atoms with Crippen LogP contribution in [-0.2, 0) is 16.4 Å². The van der Waals surface area contributed by atoms with Crippen molar-refractivity contribution in [3.63, 3.8) is 0 Å². The number of nitrogens with zero attached hydrogens (tertiary/aromatic N) is 1. The number of rotatable bonds is 10. The number of H-pyrrole nitrogens is 1. The number of nitrogens with one attached hydrogen (secondary N) is 2. The van der Waals surface area contributed by atoms with Crippen molar-refractivity contribution in [1.29, 1.82) is 0 Å². The first-order valence-corrected chi connectivity index (χ1v) is 14.5. The fraction of sp³-hybridized carbons (Fsp3) is 0.379. The summed E-state index contributed by atoms with van der Waals surface area (Å²) in [6, 6.07) is 21.2. The molecule has 1 atom stereocenters. The van der Waals surface area contributed by atoms with Gasteiger partial charge in [-0.25, -0.2) is 8.42 Å². The van der Waals surface area contributed by atoms with Crippen LogP contribution in [0.1, 0.15) is 25.3 Å². The molecule has 196 valence electrons. The van der Waals surface area contributed by atoms with Crippen molar-refractivity contribution < 1.29 is 18.3 Å². The number of aliphatic hydroxyl groups is 1. The molecule has 0 unspecified atom stereocenters. The van der Waals surface area contributed by atoms with E-state index >= 15 is 0 Å². The van der Waals surface area contributed by atoms with Crippen molar-refractivity contribution in [1.82, 2.24) is 14.6 Å². The molecule has 2 heterocycles. The fourth-order valence-corrected chi connectivity index (χ4v) is 6.56. The van der Waals surface area contributed by atoms with Crippen LogP contribution in [0, 0.1) is 5.92 Å². The average molecular weight is 522 g/mol. The second-order valence-electron chi connectivity index (χ2n) is 9.82. The minimum absolute atomic E-state index is 0.194. The molecule has 0 bridgehead atoms. The third-order valence-corrected chi connectivity index (χ3v) is 9.19. The van der Waals surface area contributed by atoms with Crippen molar-refractivity contribution in [3.05, 3.63) is 72.3 Å². The number of para-hydroxylation sites is 1. The van der Waals surface area contributed by atoms with Gasteiger partial charge in [-0.15, -0.1) is 0 Å². The molecule has 1 aromatic heterocycles. The highest BCUT2D eigenvalue weighted by Gasteiger charge is 2.29. The molecule has 0 spiro atoms. The normalized spacial score (nSPS) is 16.4. The van der Waals surface area contributed by atoms with Gasteiger partial charge in [0.05, 0.1) is 10.4 Å². The first-order valence-electron chi connectivity index (χ1n) is 13.1. The second kappa shape index (κ2) is 11.2. The molecule has 0 saturated carbocycles. The molecule has 0 amide bonds. The summed E-state index contributed by atoms with van der Waals surface area (Å²) >= 11 is 0. The summed E-state index contributed by atoms with van der Waals surface area (Å²) in [6.07, 6.45) is 1.84. The first kappa shape index (κ1) is 25.7. The Morgan fingerprint density at radius 3 is 2.51 bits per heavy atom. The highest BCUT2D eigenvalue weighted by Crippen LogP contribution is 2.33. The number of hydrogen-bond acceptors (Lipinski definition) is 5. The molecule has 0 radical (unpaired) electrons. The van der Waals surface area contributed by atoms with Crippen LogP contribution in [0.3, 0.4) is 0 Å². The fourth-order valence-electron chi connectivity index (χ4n) is 5.09. The molecule has 7 nitrogen and oxygen atoms in total. The highest BCUT2D eigenvalue weighted by molar-refractivity contribution is 7.89. The number of aryl methyl sites for hydroxylation is 1. The van der Waals surface area contributed by atoms with Crippen LogP contribution in [-0.4, -0.2) is 61.7 Å². The molecule has 3 aromatic carbocycles. The zero-order valence-corrected chi connectivity index (χ0v) is 22.0. The van der Waals surface area contributed by atoms with E-state index in [1.54, 1.807) is 16.4 Å². The van der Waals surface area contributed by atoms with E-state index in [1.807, 2.05) is 48.5 Å². The van der Waals surface area contributed by atoms with Gasteiger partial charge in [0.15, 0.2) is 0 Å². The lowest BCUT2D eigenvalue weighted by Crippen LogP contribution is -2.42. The third-order valence-electron chi connectivity index (χ3n) is 7.28. The summed E-state index contributed by atoms with van der Waals surface area (Å²) in [5, 5.41) is 16.0. The van der Waals surface area contributed by atoms with Gasteiger partial charge < -0.3 is 20.1 Å². The molecule has 37 heavy (non-hydrogen) atoms. The quantitative estimate of drug-likeness (QED) is 0.289. The maximum Gasteiger partial charge on any atom is 0.243 e.